The Hall–Kier alpha value is -2.74. The quantitative estimate of drug-likeness (QED) is 0.623. The van der Waals surface area contributed by atoms with E-state index in [1.54, 1.807) is 23.1 Å². The number of ether oxygens (including phenoxy) is 1. The second-order valence-corrected chi connectivity index (χ2v) is 6.90. The van der Waals surface area contributed by atoms with E-state index >= 15 is 0 Å². The van der Waals surface area contributed by atoms with Crippen molar-refractivity contribution < 1.29 is 13.9 Å². The van der Waals surface area contributed by atoms with Crippen LogP contribution in [0.3, 0.4) is 0 Å². The summed E-state index contributed by atoms with van der Waals surface area (Å²) in [5, 5.41) is 2.39. The standard InChI is InChI=1S/C19H20FN3O3S/c1-3-22(11-13-4-5-16(26-2)15(20)10-13)17(24)6-8-23-12-21-18-14(19(23)25)7-9-27-18/h4-5,7,9-10,12H,3,6,8,11H2,1-2H3. The molecule has 0 aliphatic heterocycles. The van der Waals surface area contributed by atoms with Gasteiger partial charge in [-0.05, 0) is 36.1 Å². The molecule has 6 nitrogen and oxygen atoms in total. The predicted molar refractivity (Wildman–Crippen MR) is 103 cm³/mol. The van der Waals surface area contributed by atoms with Gasteiger partial charge in [-0.2, -0.15) is 0 Å². The van der Waals surface area contributed by atoms with Crippen LogP contribution in [-0.4, -0.2) is 34.0 Å². The van der Waals surface area contributed by atoms with Gasteiger partial charge in [0, 0.05) is 26.1 Å². The number of amides is 1. The first-order chi connectivity index (χ1) is 13.0. The fraction of sp³-hybridized carbons (Fsp3) is 0.316. The summed E-state index contributed by atoms with van der Waals surface area (Å²) in [6.45, 7) is 2.91. The number of methoxy groups -OCH3 is 1. The molecule has 0 fully saturated rings. The third kappa shape index (κ3) is 4.16. The zero-order valence-electron chi connectivity index (χ0n) is 15.1. The molecule has 27 heavy (non-hydrogen) atoms. The summed E-state index contributed by atoms with van der Waals surface area (Å²) >= 11 is 1.41. The maximum Gasteiger partial charge on any atom is 0.262 e. The Morgan fingerprint density at radius 3 is 2.89 bits per heavy atom. The Morgan fingerprint density at radius 1 is 1.37 bits per heavy atom. The highest BCUT2D eigenvalue weighted by atomic mass is 32.1. The van der Waals surface area contributed by atoms with E-state index in [4.69, 9.17) is 4.74 Å². The Kier molecular flexibility index (Phi) is 5.85. The molecule has 0 spiro atoms. The SMILES string of the molecule is CCN(Cc1ccc(OC)c(F)c1)C(=O)CCn1cnc2sccc2c1=O. The number of rotatable bonds is 7. The Labute approximate surface area is 159 Å². The summed E-state index contributed by atoms with van der Waals surface area (Å²) in [4.78, 5) is 31.5. The first-order valence-electron chi connectivity index (χ1n) is 8.56. The number of carbonyl (C=O) groups is 1. The molecule has 0 radical (unpaired) electrons. The summed E-state index contributed by atoms with van der Waals surface area (Å²) < 4.78 is 20.2. The molecule has 0 saturated heterocycles. The van der Waals surface area contributed by atoms with Gasteiger partial charge in [-0.3, -0.25) is 14.2 Å². The smallest absolute Gasteiger partial charge is 0.262 e. The zero-order chi connectivity index (χ0) is 19.4. The molecule has 1 aromatic carbocycles. The second kappa shape index (κ2) is 8.30. The number of carbonyl (C=O) groups excluding carboxylic acids is 1. The van der Waals surface area contributed by atoms with Crippen LogP contribution in [-0.2, 0) is 17.9 Å². The number of thiophene rings is 1. The highest BCUT2D eigenvalue weighted by Gasteiger charge is 2.14. The van der Waals surface area contributed by atoms with Crippen molar-refractivity contribution in [1.82, 2.24) is 14.5 Å². The maximum absolute atomic E-state index is 13.8. The minimum absolute atomic E-state index is 0.106. The van der Waals surface area contributed by atoms with Gasteiger partial charge in [0.05, 0.1) is 18.8 Å². The molecule has 2 heterocycles. The van der Waals surface area contributed by atoms with Gasteiger partial charge < -0.3 is 9.64 Å². The van der Waals surface area contributed by atoms with Crippen LogP contribution < -0.4 is 10.3 Å². The Morgan fingerprint density at radius 2 is 2.19 bits per heavy atom. The number of nitrogens with zero attached hydrogens (tertiary/aromatic N) is 3. The van der Waals surface area contributed by atoms with E-state index < -0.39 is 5.82 Å². The number of hydrogen-bond donors (Lipinski definition) is 0. The molecule has 3 rings (SSSR count). The average molecular weight is 389 g/mol. The van der Waals surface area contributed by atoms with Crippen molar-refractivity contribution in [3.8, 4) is 5.75 Å². The largest absolute Gasteiger partial charge is 0.494 e. The number of aryl methyl sites for hydroxylation is 1. The van der Waals surface area contributed by atoms with Crippen molar-refractivity contribution in [2.24, 2.45) is 0 Å². The van der Waals surface area contributed by atoms with Crippen molar-refractivity contribution >= 4 is 27.5 Å². The third-order valence-corrected chi connectivity index (χ3v) is 5.16. The molecular formula is C19H20FN3O3S. The molecule has 0 saturated carbocycles. The average Bonchev–Trinajstić information content (AvgIpc) is 3.15. The second-order valence-electron chi connectivity index (χ2n) is 6.01. The van der Waals surface area contributed by atoms with Crippen LogP contribution in [0.1, 0.15) is 18.9 Å². The highest BCUT2D eigenvalue weighted by molar-refractivity contribution is 7.16. The third-order valence-electron chi connectivity index (χ3n) is 4.34. The van der Waals surface area contributed by atoms with E-state index in [0.29, 0.717) is 28.9 Å². The van der Waals surface area contributed by atoms with Crippen molar-refractivity contribution in [3.63, 3.8) is 0 Å². The maximum atomic E-state index is 13.8. The van der Waals surface area contributed by atoms with Gasteiger partial charge in [0.15, 0.2) is 11.6 Å². The minimum atomic E-state index is -0.458. The van der Waals surface area contributed by atoms with E-state index in [1.165, 1.54) is 35.4 Å². The monoisotopic (exact) mass is 389 g/mol. The zero-order valence-corrected chi connectivity index (χ0v) is 16.0. The van der Waals surface area contributed by atoms with Crippen LogP contribution in [0.5, 0.6) is 5.75 Å². The summed E-state index contributed by atoms with van der Waals surface area (Å²) in [6, 6.07) is 6.39. The summed E-state index contributed by atoms with van der Waals surface area (Å²) in [6.07, 6.45) is 1.65. The van der Waals surface area contributed by atoms with Gasteiger partial charge >= 0.3 is 0 Å². The molecule has 0 bridgehead atoms. The fourth-order valence-electron chi connectivity index (χ4n) is 2.83. The van der Waals surface area contributed by atoms with Gasteiger partial charge in [0.2, 0.25) is 5.91 Å². The van der Waals surface area contributed by atoms with Crippen LogP contribution in [0.15, 0.2) is 40.8 Å². The lowest BCUT2D eigenvalue weighted by Crippen LogP contribution is -2.32. The topological polar surface area (TPSA) is 64.4 Å². The van der Waals surface area contributed by atoms with Crippen LogP contribution >= 0.6 is 11.3 Å². The van der Waals surface area contributed by atoms with E-state index in [2.05, 4.69) is 4.98 Å². The summed E-state index contributed by atoms with van der Waals surface area (Å²) in [5.74, 6) is -0.393. The number of hydrogen-bond acceptors (Lipinski definition) is 5. The molecular weight excluding hydrogens is 369 g/mol. The Balaban J connectivity index is 1.67. The number of benzene rings is 1. The van der Waals surface area contributed by atoms with E-state index in [-0.39, 0.29) is 30.2 Å². The van der Waals surface area contributed by atoms with Gasteiger partial charge in [-0.1, -0.05) is 6.07 Å². The Bertz CT molecular complexity index is 1010. The minimum Gasteiger partial charge on any atom is -0.494 e. The highest BCUT2D eigenvalue weighted by Crippen LogP contribution is 2.19. The lowest BCUT2D eigenvalue weighted by Gasteiger charge is -2.21. The van der Waals surface area contributed by atoms with Crippen molar-refractivity contribution in [2.75, 3.05) is 13.7 Å². The lowest BCUT2D eigenvalue weighted by molar-refractivity contribution is -0.131. The molecule has 0 atom stereocenters. The number of halogens is 1. The van der Waals surface area contributed by atoms with E-state index in [0.717, 1.165) is 0 Å². The molecule has 142 valence electrons. The fourth-order valence-corrected chi connectivity index (χ4v) is 3.56. The first kappa shape index (κ1) is 19.0. The summed E-state index contributed by atoms with van der Waals surface area (Å²) in [5.41, 5.74) is 0.538. The molecule has 0 aliphatic carbocycles. The number of fused-ring (bicyclic) bond motifs is 1. The van der Waals surface area contributed by atoms with Crippen molar-refractivity contribution in [3.05, 3.63) is 57.7 Å². The van der Waals surface area contributed by atoms with Gasteiger partial charge in [0.1, 0.15) is 4.83 Å². The van der Waals surface area contributed by atoms with E-state index in [9.17, 15) is 14.0 Å². The number of aromatic nitrogens is 2. The molecule has 2 aromatic heterocycles. The van der Waals surface area contributed by atoms with Crippen molar-refractivity contribution in [1.29, 1.82) is 0 Å². The van der Waals surface area contributed by atoms with E-state index in [1.807, 2.05) is 12.3 Å². The first-order valence-corrected chi connectivity index (χ1v) is 9.44. The van der Waals surface area contributed by atoms with Crippen LogP contribution in [0, 0.1) is 5.82 Å². The molecule has 0 aliphatic rings. The molecule has 8 heteroatoms. The molecule has 3 aromatic rings. The van der Waals surface area contributed by atoms with Gasteiger partial charge in [-0.25, -0.2) is 9.37 Å². The molecule has 0 N–H and O–H groups in total. The van der Waals surface area contributed by atoms with Crippen LogP contribution in [0.4, 0.5) is 4.39 Å². The molecule has 0 unspecified atom stereocenters. The van der Waals surface area contributed by atoms with Crippen LogP contribution in [0.2, 0.25) is 0 Å². The van der Waals surface area contributed by atoms with Crippen LogP contribution in [0.25, 0.3) is 10.2 Å². The lowest BCUT2D eigenvalue weighted by atomic mass is 10.2. The van der Waals surface area contributed by atoms with Crippen molar-refractivity contribution in [2.45, 2.75) is 26.4 Å². The summed E-state index contributed by atoms with van der Waals surface area (Å²) in [7, 11) is 1.41. The van der Waals surface area contributed by atoms with Gasteiger partial charge in [-0.15, -0.1) is 11.3 Å². The predicted octanol–water partition coefficient (Wildman–Crippen LogP) is 3.04. The normalized spacial score (nSPS) is 10.9. The molecule has 1 amide bonds. The van der Waals surface area contributed by atoms with Gasteiger partial charge in [0.25, 0.3) is 5.56 Å².